The maximum atomic E-state index is 13.2. The number of aromatic nitrogens is 1. The van der Waals surface area contributed by atoms with E-state index in [4.69, 9.17) is 5.11 Å². The van der Waals surface area contributed by atoms with E-state index in [2.05, 4.69) is 5.32 Å². The Morgan fingerprint density at radius 2 is 1.96 bits per heavy atom. The molecule has 1 aromatic heterocycles. The van der Waals surface area contributed by atoms with Crippen molar-refractivity contribution in [1.29, 1.82) is 0 Å². The Kier molecular flexibility index (Phi) is 3.49. The molecule has 0 bridgehead atoms. The lowest BCUT2D eigenvalue weighted by Gasteiger charge is -2.36. The number of hydrogen-bond donors (Lipinski definition) is 3. The number of carboxylic acids is 1. The molecule has 0 atom stereocenters. The molecule has 0 radical (unpaired) electrons. The van der Waals surface area contributed by atoms with Crippen LogP contribution < -0.4 is 5.32 Å². The molecule has 2 saturated carbocycles. The van der Waals surface area contributed by atoms with Gasteiger partial charge in [0.25, 0.3) is 5.91 Å². The average Bonchev–Trinajstić information content (AvgIpc) is 3.12. The first kappa shape index (κ1) is 15.9. The first-order chi connectivity index (χ1) is 12.0. The molecule has 1 spiro atoms. The summed E-state index contributed by atoms with van der Waals surface area (Å²) in [4.78, 5) is 36.4. The van der Waals surface area contributed by atoms with E-state index in [1.807, 2.05) is 16.8 Å². The van der Waals surface area contributed by atoms with Crippen molar-refractivity contribution in [3.63, 3.8) is 0 Å². The van der Waals surface area contributed by atoms with Crippen LogP contribution in [0.4, 0.5) is 0 Å². The van der Waals surface area contributed by atoms with Crippen LogP contribution in [0, 0.1) is 0 Å². The van der Waals surface area contributed by atoms with Gasteiger partial charge in [-0.3, -0.25) is 14.4 Å². The number of carbonyl (C=O) groups excluding carboxylic acids is 2. The van der Waals surface area contributed by atoms with Gasteiger partial charge in [0.2, 0.25) is 0 Å². The molecule has 132 valence electrons. The second-order valence-electron chi connectivity index (χ2n) is 7.13. The number of nitrogens with one attached hydrogen (secondary N) is 1. The zero-order valence-corrected chi connectivity index (χ0v) is 13.7. The molecule has 4 rings (SSSR count). The van der Waals surface area contributed by atoms with E-state index in [0.29, 0.717) is 24.5 Å². The van der Waals surface area contributed by atoms with Crippen molar-refractivity contribution in [2.45, 2.75) is 50.0 Å². The topological polar surface area (TPSA) is 109 Å². The zero-order valence-electron chi connectivity index (χ0n) is 13.7. The molecule has 3 aliphatic rings. The standard InChI is InChI=1S/C18H20N2O5/c21-12(22)9-19-17(25)13-15(23)14-11(10-3-4-10)5-8-20(14)18(16(13)24)6-1-2-7-18/h5,8,10,23H,1-4,6-7,9H2,(H,19,25)(H,21,22). The van der Waals surface area contributed by atoms with Gasteiger partial charge >= 0.3 is 5.97 Å². The summed E-state index contributed by atoms with van der Waals surface area (Å²) in [5, 5.41) is 21.7. The Bertz CT molecular complexity index is 809. The Morgan fingerprint density at radius 1 is 1.28 bits per heavy atom. The quantitative estimate of drug-likeness (QED) is 0.720. The molecule has 2 heterocycles. The van der Waals surface area contributed by atoms with Crippen LogP contribution in [0.2, 0.25) is 0 Å². The predicted octanol–water partition coefficient (Wildman–Crippen LogP) is 1.69. The molecule has 7 heteroatoms. The summed E-state index contributed by atoms with van der Waals surface area (Å²) >= 11 is 0. The molecule has 3 N–H and O–H groups in total. The lowest BCUT2D eigenvalue weighted by molar-refractivity contribution is -0.138. The predicted molar refractivity (Wildman–Crippen MR) is 88.1 cm³/mol. The summed E-state index contributed by atoms with van der Waals surface area (Å²) in [5.41, 5.74) is 0.408. The number of nitrogens with zero attached hydrogens (tertiary/aromatic N) is 1. The third-order valence-electron chi connectivity index (χ3n) is 5.56. The second kappa shape index (κ2) is 5.47. The number of carbonyl (C=O) groups is 3. The molecule has 0 unspecified atom stereocenters. The van der Waals surface area contributed by atoms with Crippen LogP contribution in [-0.2, 0) is 19.9 Å². The summed E-state index contributed by atoms with van der Waals surface area (Å²) in [6, 6.07) is 1.94. The number of amides is 1. The molecule has 1 aliphatic heterocycles. The van der Waals surface area contributed by atoms with E-state index in [1.165, 1.54) is 0 Å². The molecular formula is C18H20N2O5. The highest BCUT2D eigenvalue weighted by atomic mass is 16.4. The molecular weight excluding hydrogens is 324 g/mol. The molecule has 1 aromatic rings. The Labute approximate surface area is 144 Å². The van der Waals surface area contributed by atoms with Crippen molar-refractivity contribution in [3.8, 4) is 0 Å². The van der Waals surface area contributed by atoms with Gasteiger partial charge in [0, 0.05) is 6.20 Å². The molecule has 25 heavy (non-hydrogen) atoms. The van der Waals surface area contributed by atoms with Crippen molar-refractivity contribution >= 4 is 23.4 Å². The van der Waals surface area contributed by atoms with Crippen molar-refractivity contribution in [2.24, 2.45) is 0 Å². The van der Waals surface area contributed by atoms with Gasteiger partial charge < -0.3 is 20.1 Å². The van der Waals surface area contributed by atoms with Crippen LogP contribution in [0.25, 0.3) is 5.76 Å². The van der Waals surface area contributed by atoms with Crippen LogP contribution in [0.15, 0.2) is 17.8 Å². The third kappa shape index (κ3) is 2.29. The number of carboxylic acid groups (broad SMARTS) is 1. The average molecular weight is 344 g/mol. The monoisotopic (exact) mass is 344 g/mol. The molecule has 0 saturated heterocycles. The van der Waals surface area contributed by atoms with Crippen LogP contribution in [0.5, 0.6) is 0 Å². The van der Waals surface area contributed by atoms with E-state index in [-0.39, 0.29) is 11.3 Å². The summed E-state index contributed by atoms with van der Waals surface area (Å²) in [7, 11) is 0. The normalized spacial score (nSPS) is 21.5. The number of rotatable bonds is 4. The third-order valence-corrected chi connectivity index (χ3v) is 5.56. The van der Waals surface area contributed by atoms with Gasteiger partial charge in [-0.05, 0) is 43.2 Å². The lowest BCUT2D eigenvalue weighted by atomic mass is 9.82. The van der Waals surface area contributed by atoms with Crippen LogP contribution in [0.1, 0.15) is 55.7 Å². The van der Waals surface area contributed by atoms with Crippen molar-refractivity contribution < 1.29 is 24.6 Å². The van der Waals surface area contributed by atoms with Gasteiger partial charge in [-0.1, -0.05) is 12.8 Å². The SMILES string of the molecule is O=C(O)CNC(=O)C1=C(O)c2c(C3CC3)ccn2C2(CCCC2)C1=O. The van der Waals surface area contributed by atoms with Crippen LogP contribution in [-0.4, -0.2) is 39.0 Å². The van der Waals surface area contributed by atoms with E-state index in [9.17, 15) is 19.5 Å². The summed E-state index contributed by atoms with van der Waals surface area (Å²) in [5.74, 6) is -2.39. The molecule has 2 aliphatic carbocycles. The number of aliphatic hydroxyl groups excluding tert-OH is 1. The fourth-order valence-electron chi connectivity index (χ4n) is 4.23. The lowest BCUT2D eigenvalue weighted by Crippen LogP contribution is -2.47. The summed E-state index contributed by atoms with van der Waals surface area (Å²) in [6.07, 6.45) is 6.94. The first-order valence-electron chi connectivity index (χ1n) is 8.66. The highest BCUT2D eigenvalue weighted by Gasteiger charge is 2.51. The number of aliphatic hydroxyl groups is 1. The summed E-state index contributed by atoms with van der Waals surface area (Å²) in [6.45, 7) is -0.591. The smallest absolute Gasteiger partial charge is 0.322 e. The van der Waals surface area contributed by atoms with E-state index >= 15 is 0 Å². The minimum Gasteiger partial charge on any atom is -0.505 e. The summed E-state index contributed by atoms with van der Waals surface area (Å²) < 4.78 is 1.86. The van der Waals surface area contributed by atoms with Gasteiger partial charge in [0.1, 0.15) is 17.7 Å². The number of hydrogen-bond acceptors (Lipinski definition) is 4. The van der Waals surface area contributed by atoms with Gasteiger partial charge in [0.15, 0.2) is 11.5 Å². The van der Waals surface area contributed by atoms with Gasteiger partial charge in [-0.2, -0.15) is 0 Å². The minimum absolute atomic E-state index is 0.295. The fraction of sp³-hybridized carbons (Fsp3) is 0.500. The van der Waals surface area contributed by atoms with Crippen LogP contribution in [0.3, 0.4) is 0 Å². The Morgan fingerprint density at radius 3 is 2.56 bits per heavy atom. The highest BCUT2D eigenvalue weighted by Crippen LogP contribution is 2.50. The second-order valence-corrected chi connectivity index (χ2v) is 7.13. The molecule has 1 amide bonds. The van der Waals surface area contributed by atoms with E-state index in [0.717, 1.165) is 31.2 Å². The van der Waals surface area contributed by atoms with Gasteiger partial charge in [0.05, 0.1) is 5.69 Å². The fourth-order valence-corrected chi connectivity index (χ4v) is 4.23. The molecule has 7 nitrogen and oxygen atoms in total. The van der Waals surface area contributed by atoms with Gasteiger partial charge in [-0.25, -0.2) is 0 Å². The maximum Gasteiger partial charge on any atom is 0.322 e. The largest absolute Gasteiger partial charge is 0.505 e. The number of Topliss-reactive ketones (excluding diaryl/α,β-unsaturated/α-hetero) is 1. The van der Waals surface area contributed by atoms with Crippen molar-refractivity contribution in [2.75, 3.05) is 6.54 Å². The highest BCUT2D eigenvalue weighted by molar-refractivity contribution is 6.27. The van der Waals surface area contributed by atoms with E-state index in [1.54, 1.807) is 0 Å². The minimum atomic E-state index is -1.20. The van der Waals surface area contributed by atoms with Crippen molar-refractivity contribution in [3.05, 3.63) is 29.1 Å². The first-order valence-corrected chi connectivity index (χ1v) is 8.66. The van der Waals surface area contributed by atoms with Gasteiger partial charge in [-0.15, -0.1) is 0 Å². The Balaban J connectivity index is 1.84. The number of ketones is 1. The van der Waals surface area contributed by atoms with E-state index < -0.39 is 29.7 Å². The Hall–Kier alpha value is -2.57. The zero-order chi connectivity index (χ0) is 17.8. The maximum absolute atomic E-state index is 13.2. The van der Waals surface area contributed by atoms with Crippen LogP contribution >= 0.6 is 0 Å². The van der Waals surface area contributed by atoms with Crippen molar-refractivity contribution in [1.82, 2.24) is 9.88 Å². The molecule has 2 fully saturated rings. The number of aliphatic carboxylic acids is 1. The molecule has 0 aromatic carbocycles. The number of fused-ring (bicyclic) bond motifs is 2.